The highest BCUT2D eigenvalue weighted by molar-refractivity contribution is 5.97. The molecule has 2 aromatic carbocycles. The fraction of sp³-hybridized carbons (Fsp3) is 0.167. The van der Waals surface area contributed by atoms with Gasteiger partial charge in [-0.2, -0.15) is 5.21 Å². The standard InChI is InChI=1S/C18H19N5O3/c1-25-14-9-7-13(8-10-14)20-17-16(21-23-22-17)18(24)19-11-12-5-3-4-6-15(12)26-2/h3-10H,11H2,1-2H3,(H,19,24)(H2,20,21,22,23). The molecule has 0 radical (unpaired) electrons. The molecule has 0 atom stereocenters. The minimum atomic E-state index is -0.347. The van der Waals surface area contributed by atoms with Crippen LogP contribution in [0.15, 0.2) is 48.5 Å². The average Bonchev–Trinajstić information content (AvgIpc) is 3.15. The first-order valence-electron chi connectivity index (χ1n) is 7.93. The van der Waals surface area contributed by atoms with Gasteiger partial charge in [-0.25, -0.2) is 0 Å². The quantitative estimate of drug-likeness (QED) is 0.603. The smallest absolute Gasteiger partial charge is 0.275 e. The third-order valence-electron chi connectivity index (χ3n) is 3.75. The number of nitrogens with one attached hydrogen (secondary N) is 3. The molecule has 0 unspecified atom stereocenters. The van der Waals surface area contributed by atoms with Crippen molar-refractivity contribution in [3.05, 3.63) is 59.8 Å². The highest BCUT2D eigenvalue weighted by Crippen LogP contribution is 2.21. The summed E-state index contributed by atoms with van der Waals surface area (Å²) in [6.07, 6.45) is 0. The summed E-state index contributed by atoms with van der Waals surface area (Å²) in [5, 5.41) is 16.3. The van der Waals surface area contributed by atoms with Crippen LogP contribution in [0.5, 0.6) is 11.5 Å². The number of rotatable bonds is 7. The molecule has 3 aromatic rings. The van der Waals surface area contributed by atoms with Gasteiger partial charge >= 0.3 is 0 Å². The maximum atomic E-state index is 12.5. The minimum Gasteiger partial charge on any atom is -0.497 e. The summed E-state index contributed by atoms with van der Waals surface area (Å²) in [5.74, 6) is 1.45. The third kappa shape index (κ3) is 3.92. The molecule has 1 amide bonds. The van der Waals surface area contributed by atoms with Gasteiger partial charge in [-0.3, -0.25) is 4.79 Å². The van der Waals surface area contributed by atoms with Crippen molar-refractivity contribution in [3.8, 4) is 11.5 Å². The summed E-state index contributed by atoms with van der Waals surface area (Å²) in [6.45, 7) is 0.317. The van der Waals surface area contributed by atoms with Crippen molar-refractivity contribution < 1.29 is 14.3 Å². The largest absolute Gasteiger partial charge is 0.497 e. The van der Waals surface area contributed by atoms with Crippen LogP contribution in [-0.2, 0) is 6.54 Å². The number of carbonyl (C=O) groups is 1. The van der Waals surface area contributed by atoms with Gasteiger partial charge in [-0.05, 0) is 30.3 Å². The molecule has 0 bridgehead atoms. The Morgan fingerprint density at radius 2 is 1.81 bits per heavy atom. The van der Waals surface area contributed by atoms with E-state index in [1.165, 1.54) is 0 Å². The van der Waals surface area contributed by atoms with Crippen molar-refractivity contribution in [1.29, 1.82) is 0 Å². The Morgan fingerprint density at radius 3 is 2.54 bits per heavy atom. The van der Waals surface area contributed by atoms with E-state index in [1.54, 1.807) is 14.2 Å². The monoisotopic (exact) mass is 353 g/mol. The van der Waals surface area contributed by atoms with E-state index in [-0.39, 0.29) is 11.6 Å². The molecular weight excluding hydrogens is 334 g/mol. The molecule has 0 saturated heterocycles. The van der Waals surface area contributed by atoms with Gasteiger partial charge in [0, 0.05) is 17.8 Å². The van der Waals surface area contributed by atoms with Crippen LogP contribution in [-0.4, -0.2) is 35.5 Å². The van der Waals surface area contributed by atoms with E-state index in [2.05, 4.69) is 26.0 Å². The number of ether oxygens (including phenoxy) is 2. The Balaban J connectivity index is 1.68. The number of aromatic amines is 1. The summed E-state index contributed by atoms with van der Waals surface area (Å²) in [7, 11) is 3.19. The first kappa shape index (κ1) is 17.3. The number of aromatic nitrogens is 3. The second-order valence-corrected chi connectivity index (χ2v) is 5.37. The van der Waals surface area contributed by atoms with E-state index in [0.29, 0.717) is 18.1 Å². The molecule has 0 spiro atoms. The van der Waals surface area contributed by atoms with Crippen LogP contribution in [0.4, 0.5) is 11.5 Å². The summed E-state index contributed by atoms with van der Waals surface area (Å²) in [6, 6.07) is 14.8. The van der Waals surface area contributed by atoms with Crippen LogP contribution in [0.2, 0.25) is 0 Å². The number of hydrogen-bond donors (Lipinski definition) is 3. The minimum absolute atomic E-state index is 0.177. The number of H-pyrrole nitrogens is 1. The van der Waals surface area contributed by atoms with Gasteiger partial charge in [0.05, 0.1) is 14.2 Å². The van der Waals surface area contributed by atoms with Crippen molar-refractivity contribution >= 4 is 17.4 Å². The second-order valence-electron chi connectivity index (χ2n) is 5.37. The highest BCUT2D eigenvalue weighted by atomic mass is 16.5. The fourth-order valence-electron chi connectivity index (χ4n) is 2.40. The molecule has 0 aliphatic carbocycles. The van der Waals surface area contributed by atoms with Gasteiger partial charge in [0.25, 0.3) is 5.91 Å². The molecule has 0 saturated carbocycles. The number of nitrogens with zero attached hydrogens (tertiary/aromatic N) is 2. The predicted octanol–water partition coefficient (Wildman–Crippen LogP) is 2.50. The van der Waals surface area contributed by atoms with E-state index < -0.39 is 0 Å². The van der Waals surface area contributed by atoms with Crippen LogP contribution in [0, 0.1) is 0 Å². The third-order valence-corrected chi connectivity index (χ3v) is 3.75. The Bertz CT molecular complexity index is 877. The summed E-state index contributed by atoms with van der Waals surface area (Å²) < 4.78 is 10.4. The van der Waals surface area contributed by atoms with Crippen molar-refractivity contribution in [3.63, 3.8) is 0 Å². The van der Waals surface area contributed by atoms with Crippen molar-refractivity contribution in [2.75, 3.05) is 19.5 Å². The Kier molecular flexibility index (Phi) is 5.33. The zero-order valence-corrected chi connectivity index (χ0v) is 14.4. The van der Waals surface area contributed by atoms with Crippen molar-refractivity contribution in [1.82, 2.24) is 20.7 Å². The van der Waals surface area contributed by atoms with Gasteiger partial charge in [-0.15, -0.1) is 10.2 Å². The van der Waals surface area contributed by atoms with E-state index in [9.17, 15) is 4.79 Å². The molecule has 3 N–H and O–H groups in total. The van der Waals surface area contributed by atoms with E-state index in [1.807, 2.05) is 48.5 Å². The van der Waals surface area contributed by atoms with Crippen LogP contribution in [0.1, 0.15) is 16.1 Å². The molecule has 8 heteroatoms. The fourth-order valence-corrected chi connectivity index (χ4v) is 2.40. The first-order chi connectivity index (χ1) is 12.7. The number of para-hydroxylation sites is 1. The first-order valence-corrected chi connectivity index (χ1v) is 7.93. The zero-order chi connectivity index (χ0) is 18.4. The molecular formula is C18H19N5O3. The molecule has 26 heavy (non-hydrogen) atoms. The molecule has 3 rings (SSSR count). The molecule has 0 fully saturated rings. The zero-order valence-electron chi connectivity index (χ0n) is 14.4. The molecule has 8 nitrogen and oxygen atoms in total. The number of anilines is 2. The topological polar surface area (TPSA) is 101 Å². The van der Waals surface area contributed by atoms with Crippen molar-refractivity contribution in [2.45, 2.75) is 6.54 Å². The molecule has 1 heterocycles. The maximum absolute atomic E-state index is 12.5. The maximum Gasteiger partial charge on any atom is 0.275 e. The highest BCUT2D eigenvalue weighted by Gasteiger charge is 2.17. The van der Waals surface area contributed by atoms with E-state index >= 15 is 0 Å². The number of hydrogen-bond acceptors (Lipinski definition) is 6. The Hall–Kier alpha value is -3.55. The predicted molar refractivity (Wildman–Crippen MR) is 96.8 cm³/mol. The number of methoxy groups -OCH3 is 2. The van der Waals surface area contributed by atoms with Gasteiger partial charge in [-0.1, -0.05) is 18.2 Å². The SMILES string of the molecule is COc1ccc(Nc2n[nH]nc2C(=O)NCc2ccccc2OC)cc1. The molecule has 0 aliphatic heterocycles. The van der Waals surface area contributed by atoms with E-state index in [0.717, 1.165) is 17.0 Å². The van der Waals surface area contributed by atoms with Gasteiger partial charge < -0.3 is 20.1 Å². The van der Waals surface area contributed by atoms with Crippen LogP contribution in [0.3, 0.4) is 0 Å². The number of amides is 1. The Morgan fingerprint density at radius 1 is 1.04 bits per heavy atom. The summed E-state index contributed by atoms with van der Waals surface area (Å²) in [5.41, 5.74) is 1.81. The summed E-state index contributed by atoms with van der Waals surface area (Å²) in [4.78, 5) is 12.5. The van der Waals surface area contributed by atoms with Crippen LogP contribution in [0.25, 0.3) is 0 Å². The number of carbonyl (C=O) groups excluding carboxylic acids is 1. The number of benzene rings is 2. The normalized spacial score (nSPS) is 10.2. The molecule has 0 aliphatic rings. The lowest BCUT2D eigenvalue weighted by Gasteiger charge is -2.09. The molecule has 1 aromatic heterocycles. The van der Waals surface area contributed by atoms with Crippen molar-refractivity contribution in [2.24, 2.45) is 0 Å². The average molecular weight is 353 g/mol. The summed E-state index contributed by atoms with van der Waals surface area (Å²) >= 11 is 0. The van der Waals surface area contributed by atoms with Gasteiger partial charge in [0.15, 0.2) is 11.5 Å². The second kappa shape index (κ2) is 8.02. The van der Waals surface area contributed by atoms with Crippen LogP contribution >= 0.6 is 0 Å². The lowest BCUT2D eigenvalue weighted by Crippen LogP contribution is -2.24. The molecule has 134 valence electrons. The van der Waals surface area contributed by atoms with E-state index in [4.69, 9.17) is 9.47 Å². The Labute approximate surface area is 150 Å². The van der Waals surface area contributed by atoms with Gasteiger partial charge in [0.2, 0.25) is 0 Å². The lowest BCUT2D eigenvalue weighted by atomic mass is 10.2. The van der Waals surface area contributed by atoms with Gasteiger partial charge in [0.1, 0.15) is 11.5 Å². The van der Waals surface area contributed by atoms with Crippen LogP contribution < -0.4 is 20.1 Å². The lowest BCUT2D eigenvalue weighted by molar-refractivity contribution is 0.0946.